The molecule has 1 rings (SSSR count). The van der Waals surface area contributed by atoms with E-state index < -0.39 is 7.21 Å². The van der Waals surface area contributed by atoms with Crippen molar-refractivity contribution in [3.8, 4) is 0 Å². The third-order valence-corrected chi connectivity index (χ3v) is 6.95. The molecule has 0 atom stereocenters. The summed E-state index contributed by atoms with van der Waals surface area (Å²) in [6.07, 6.45) is 1.99. The van der Waals surface area contributed by atoms with Gasteiger partial charge in [0.1, 0.15) is 0 Å². The highest BCUT2D eigenvalue weighted by Crippen LogP contribution is 2.53. The van der Waals surface area contributed by atoms with Crippen molar-refractivity contribution in [2.75, 3.05) is 54.9 Å². The molecule has 0 spiro atoms. The van der Waals surface area contributed by atoms with Crippen LogP contribution in [0, 0.1) is 0 Å². The fourth-order valence-corrected chi connectivity index (χ4v) is 5.34. The lowest BCUT2D eigenvalue weighted by Gasteiger charge is -2.35. The zero-order valence-electron chi connectivity index (χ0n) is 13.0. The number of hydrogen-bond donors (Lipinski definition) is 0. The van der Waals surface area contributed by atoms with Crippen LogP contribution in [0.15, 0.2) is 35.1 Å². The minimum Gasteiger partial charge on any atom is -0.303 e. The summed E-state index contributed by atoms with van der Waals surface area (Å²) in [6, 6.07) is 10.3. The standard InChI is InChI=1S/C14H27N4P/c1-16(2)12-19(18(5)6,13-17(3)4)15-14-10-8-7-9-11-14/h7-11H,12-13H2,1-6H3. The first kappa shape index (κ1) is 16.4. The highest BCUT2D eigenvalue weighted by molar-refractivity contribution is 7.63. The van der Waals surface area contributed by atoms with Crippen LogP contribution in [0.5, 0.6) is 0 Å². The molecule has 108 valence electrons. The molecule has 0 aliphatic rings. The Morgan fingerprint density at radius 3 is 1.68 bits per heavy atom. The van der Waals surface area contributed by atoms with Crippen LogP contribution in [0.3, 0.4) is 0 Å². The van der Waals surface area contributed by atoms with E-state index in [0.29, 0.717) is 0 Å². The van der Waals surface area contributed by atoms with Crippen molar-refractivity contribution in [1.82, 2.24) is 14.5 Å². The van der Waals surface area contributed by atoms with Gasteiger partial charge in [0.15, 0.2) is 0 Å². The molecule has 0 unspecified atom stereocenters. The summed E-state index contributed by atoms with van der Waals surface area (Å²) < 4.78 is 7.44. The Kier molecular flexibility index (Phi) is 6.21. The Balaban J connectivity index is 3.25. The molecule has 0 heterocycles. The van der Waals surface area contributed by atoms with E-state index in [1.54, 1.807) is 0 Å². The largest absolute Gasteiger partial charge is 0.303 e. The van der Waals surface area contributed by atoms with E-state index in [9.17, 15) is 0 Å². The Morgan fingerprint density at radius 2 is 1.32 bits per heavy atom. The molecule has 1 aromatic rings. The van der Waals surface area contributed by atoms with Gasteiger partial charge < -0.3 is 9.80 Å². The van der Waals surface area contributed by atoms with Gasteiger partial charge in [0.25, 0.3) is 0 Å². The lowest BCUT2D eigenvalue weighted by atomic mass is 10.3. The van der Waals surface area contributed by atoms with E-state index in [4.69, 9.17) is 4.74 Å². The van der Waals surface area contributed by atoms with Gasteiger partial charge in [-0.3, -0.25) is 4.67 Å². The van der Waals surface area contributed by atoms with Crippen molar-refractivity contribution in [3.05, 3.63) is 30.3 Å². The molecule has 0 radical (unpaired) electrons. The first-order chi connectivity index (χ1) is 8.85. The number of benzene rings is 1. The molecule has 0 bridgehead atoms. The van der Waals surface area contributed by atoms with Gasteiger partial charge in [0.05, 0.1) is 12.9 Å². The second kappa shape index (κ2) is 7.20. The Hall–Kier alpha value is -0.670. The van der Waals surface area contributed by atoms with Gasteiger partial charge in [-0.25, -0.2) is 4.74 Å². The molecule has 0 amide bonds. The van der Waals surface area contributed by atoms with Crippen molar-refractivity contribution < 1.29 is 0 Å². The summed E-state index contributed by atoms with van der Waals surface area (Å²) >= 11 is 0. The van der Waals surface area contributed by atoms with E-state index >= 15 is 0 Å². The highest BCUT2D eigenvalue weighted by atomic mass is 31.2. The molecule has 0 saturated heterocycles. The highest BCUT2D eigenvalue weighted by Gasteiger charge is 2.24. The van der Waals surface area contributed by atoms with Crippen molar-refractivity contribution in [3.63, 3.8) is 0 Å². The second-order valence-electron chi connectivity index (χ2n) is 5.60. The zero-order chi connectivity index (χ0) is 14.5. The summed E-state index contributed by atoms with van der Waals surface area (Å²) in [4.78, 5) is 4.48. The molecule has 4 nitrogen and oxygen atoms in total. The van der Waals surface area contributed by atoms with E-state index in [0.717, 1.165) is 18.3 Å². The normalized spacial score (nSPS) is 12.5. The predicted molar refractivity (Wildman–Crippen MR) is 86.2 cm³/mol. The van der Waals surface area contributed by atoms with Gasteiger partial charge in [0.2, 0.25) is 0 Å². The number of nitrogens with zero attached hydrogens (tertiary/aromatic N) is 4. The SMILES string of the molecule is CN(C)CP(CN(C)C)(=Nc1ccccc1)N(C)C. The molecular weight excluding hydrogens is 255 g/mol. The zero-order valence-corrected chi connectivity index (χ0v) is 13.9. The van der Waals surface area contributed by atoms with Gasteiger partial charge in [-0.05, 0) is 54.4 Å². The number of rotatable bonds is 6. The van der Waals surface area contributed by atoms with Crippen molar-refractivity contribution in [2.24, 2.45) is 4.74 Å². The van der Waals surface area contributed by atoms with E-state index in [2.05, 4.69) is 81.0 Å². The van der Waals surface area contributed by atoms with Crippen LogP contribution in [-0.2, 0) is 0 Å². The quantitative estimate of drug-likeness (QED) is 0.749. The molecular formula is C14H27N4P. The van der Waals surface area contributed by atoms with Crippen LogP contribution in [0.2, 0.25) is 0 Å². The lowest BCUT2D eigenvalue weighted by molar-refractivity contribution is 0.437. The topological polar surface area (TPSA) is 22.1 Å². The van der Waals surface area contributed by atoms with Crippen LogP contribution >= 0.6 is 7.21 Å². The van der Waals surface area contributed by atoms with Crippen molar-refractivity contribution in [2.45, 2.75) is 0 Å². The fourth-order valence-electron chi connectivity index (χ4n) is 2.07. The van der Waals surface area contributed by atoms with Crippen LogP contribution < -0.4 is 0 Å². The van der Waals surface area contributed by atoms with E-state index in [1.165, 1.54) is 0 Å². The average molecular weight is 282 g/mol. The van der Waals surface area contributed by atoms with Gasteiger partial charge in [-0.2, -0.15) is 0 Å². The average Bonchev–Trinajstić information content (AvgIpc) is 2.27. The summed E-state index contributed by atoms with van der Waals surface area (Å²) in [5.74, 6) is 0. The van der Waals surface area contributed by atoms with E-state index in [-0.39, 0.29) is 0 Å². The monoisotopic (exact) mass is 282 g/mol. The fraction of sp³-hybridized carbons (Fsp3) is 0.571. The van der Waals surface area contributed by atoms with Gasteiger partial charge in [-0.15, -0.1) is 0 Å². The maximum absolute atomic E-state index is 5.12. The smallest absolute Gasteiger partial charge is 0.0652 e. The van der Waals surface area contributed by atoms with Gasteiger partial charge >= 0.3 is 0 Å². The molecule has 0 aromatic heterocycles. The molecule has 19 heavy (non-hydrogen) atoms. The maximum atomic E-state index is 5.12. The van der Waals surface area contributed by atoms with Crippen LogP contribution in [0.1, 0.15) is 0 Å². The molecule has 0 aliphatic heterocycles. The summed E-state index contributed by atoms with van der Waals surface area (Å²) in [7, 11) is 11.2. The minimum absolute atomic E-state index is 0.993. The molecule has 0 saturated carbocycles. The first-order valence-corrected chi connectivity index (χ1v) is 8.55. The third kappa shape index (κ3) is 5.07. The Labute approximate surface area is 118 Å². The van der Waals surface area contributed by atoms with E-state index in [1.807, 2.05) is 6.07 Å². The molecule has 1 aromatic carbocycles. The predicted octanol–water partition coefficient (Wildman–Crippen LogP) is 3.03. The Morgan fingerprint density at radius 1 is 0.842 bits per heavy atom. The van der Waals surface area contributed by atoms with Gasteiger partial charge in [-0.1, -0.05) is 18.2 Å². The van der Waals surface area contributed by atoms with Crippen LogP contribution in [0.25, 0.3) is 0 Å². The summed E-state index contributed by atoms with van der Waals surface area (Å²) in [6.45, 7) is 0. The van der Waals surface area contributed by atoms with Crippen molar-refractivity contribution in [1.29, 1.82) is 0 Å². The van der Waals surface area contributed by atoms with Gasteiger partial charge in [0, 0.05) is 12.6 Å². The molecule has 5 heteroatoms. The molecule has 0 aliphatic carbocycles. The molecule has 0 N–H and O–H groups in total. The van der Waals surface area contributed by atoms with Crippen LogP contribution in [-0.4, -0.2) is 69.3 Å². The minimum atomic E-state index is -1.59. The third-order valence-electron chi connectivity index (χ3n) is 2.82. The first-order valence-electron chi connectivity index (χ1n) is 6.48. The maximum Gasteiger partial charge on any atom is 0.0652 e. The lowest BCUT2D eigenvalue weighted by Crippen LogP contribution is -2.27. The summed E-state index contributed by atoms with van der Waals surface area (Å²) in [5.41, 5.74) is 1.08. The summed E-state index contributed by atoms with van der Waals surface area (Å²) in [5, 5.41) is 0. The Bertz CT molecular complexity index is 412. The molecule has 0 fully saturated rings. The second-order valence-corrected chi connectivity index (χ2v) is 8.93. The number of hydrogen-bond acceptors (Lipinski definition) is 3. The van der Waals surface area contributed by atoms with Crippen LogP contribution in [0.4, 0.5) is 5.69 Å². The van der Waals surface area contributed by atoms with Crippen molar-refractivity contribution >= 4 is 12.9 Å².